The number of aromatic amines is 1. The van der Waals surface area contributed by atoms with Crippen LogP contribution in [0.25, 0.3) is 22.2 Å². The molecule has 198 valence electrons. The Morgan fingerprint density at radius 1 is 0.900 bits per heavy atom. The van der Waals surface area contributed by atoms with Crippen molar-refractivity contribution in [2.75, 3.05) is 4.90 Å². The number of rotatable bonds is 6. The lowest BCUT2D eigenvalue weighted by molar-refractivity contribution is 0.0951. The highest BCUT2D eigenvalue weighted by atomic mass is 16.6. The number of ether oxygens (including phenoxy) is 1. The number of para-hydroxylation sites is 1. The summed E-state index contributed by atoms with van der Waals surface area (Å²) in [7, 11) is 0. The number of nitrogens with one attached hydrogen (secondary N) is 2. The Morgan fingerprint density at radius 2 is 1.65 bits per heavy atom. The molecule has 4 aromatic carbocycles. The van der Waals surface area contributed by atoms with E-state index < -0.39 is 6.09 Å². The summed E-state index contributed by atoms with van der Waals surface area (Å²) in [6.07, 6.45) is 2.38. The smallest absolute Gasteiger partial charge is 0.415 e. The van der Waals surface area contributed by atoms with Crippen molar-refractivity contribution in [1.29, 1.82) is 0 Å². The fraction of sp³-hybridized carbons (Fsp3) is 0.182. The lowest BCUT2D eigenvalue weighted by atomic mass is 10.0. The largest absolute Gasteiger partial charge is 0.444 e. The maximum Gasteiger partial charge on any atom is 0.415 e. The molecule has 0 spiro atoms. The number of aromatic nitrogens is 2. The molecule has 1 atom stereocenters. The number of anilines is 1. The topological polar surface area (TPSA) is 87.3 Å². The van der Waals surface area contributed by atoms with Crippen molar-refractivity contribution in [1.82, 2.24) is 15.3 Å². The summed E-state index contributed by atoms with van der Waals surface area (Å²) < 4.78 is 5.74. The van der Waals surface area contributed by atoms with Gasteiger partial charge < -0.3 is 15.0 Å². The van der Waals surface area contributed by atoms with E-state index in [4.69, 9.17) is 9.72 Å². The van der Waals surface area contributed by atoms with Crippen LogP contribution in [0.2, 0.25) is 0 Å². The second kappa shape index (κ2) is 10.0. The van der Waals surface area contributed by atoms with Gasteiger partial charge in [-0.15, -0.1) is 0 Å². The zero-order chi connectivity index (χ0) is 27.1. The van der Waals surface area contributed by atoms with Gasteiger partial charge in [0, 0.05) is 18.0 Å². The average Bonchev–Trinajstić information content (AvgIpc) is 3.57. The minimum Gasteiger partial charge on any atom is -0.444 e. The highest BCUT2D eigenvalue weighted by Crippen LogP contribution is 2.40. The van der Waals surface area contributed by atoms with Gasteiger partial charge >= 0.3 is 6.09 Å². The van der Waals surface area contributed by atoms with E-state index in [1.165, 1.54) is 0 Å². The first kappa shape index (κ1) is 24.2. The number of imidazole rings is 1. The van der Waals surface area contributed by atoms with Gasteiger partial charge in [-0.1, -0.05) is 66.7 Å². The molecule has 2 heterocycles. The summed E-state index contributed by atoms with van der Waals surface area (Å²) in [6, 6.07) is 31.4. The lowest BCUT2D eigenvalue weighted by Gasteiger charge is -2.23. The third-order valence-electron chi connectivity index (χ3n) is 7.59. The van der Waals surface area contributed by atoms with E-state index in [0.717, 1.165) is 51.8 Å². The SMILES string of the molecule is O=C(NC1CC1)c1ccc(-c2ccc3nc(C4Cc5ccccc5N4C(=O)OCc4ccccc4)[nH]c3c2)cc1. The zero-order valence-corrected chi connectivity index (χ0v) is 21.8. The van der Waals surface area contributed by atoms with Crippen molar-refractivity contribution in [2.45, 2.75) is 38.0 Å². The molecule has 1 aliphatic heterocycles. The molecular weight excluding hydrogens is 500 g/mol. The molecule has 1 fully saturated rings. The second-order valence-electron chi connectivity index (χ2n) is 10.4. The van der Waals surface area contributed by atoms with Crippen LogP contribution in [0.3, 0.4) is 0 Å². The van der Waals surface area contributed by atoms with Crippen LogP contribution in [0.1, 0.15) is 46.2 Å². The second-order valence-corrected chi connectivity index (χ2v) is 10.4. The molecule has 1 aliphatic carbocycles. The van der Waals surface area contributed by atoms with Crippen LogP contribution in [-0.4, -0.2) is 28.0 Å². The minimum absolute atomic E-state index is 0.0212. The van der Waals surface area contributed by atoms with Gasteiger partial charge in [0.25, 0.3) is 5.91 Å². The van der Waals surface area contributed by atoms with Gasteiger partial charge in [-0.25, -0.2) is 9.78 Å². The Balaban J connectivity index is 1.14. The standard InChI is InChI=1S/C33H28N4O3/c38-32(34-26-15-16-26)23-12-10-22(11-13-23)24-14-17-27-28(18-24)36-31(35-27)30-19-25-8-4-5-9-29(25)37(30)33(39)40-20-21-6-2-1-3-7-21/h1-14,17-18,26,30H,15-16,19-20H2,(H,34,38)(H,35,36). The Labute approximate surface area is 231 Å². The van der Waals surface area contributed by atoms with Crippen molar-refractivity contribution in [2.24, 2.45) is 0 Å². The van der Waals surface area contributed by atoms with Crippen molar-refractivity contribution in [3.05, 3.63) is 120 Å². The summed E-state index contributed by atoms with van der Waals surface area (Å²) in [5.41, 5.74) is 7.28. The summed E-state index contributed by atoms with van der Waals surface area (Å²) >= 11 is 0. The predicted molar refractivity (Wildman–Crippen MR) is 154 cm³/mol. The van der Waals surface area contributed by atoms with E-state index in [1.54, 1.807) is 4.90 Å². The molecule has 5 aromatic rings. The summed E-state index contributed by atoms with van der Waals surface area (Å²) in [6.45, 7) is 0.204. The Morgan fingerprint density at radius 3 is 2.45 bits per heavy atom. The normalized spacial score (nSPS) is 16.1. The van der Waals surface area contributed by atoms with E-state index in [9.17, 15) is 9.59 Å². The zero-order valence-electron chi connectivity index (χ0n) is 21.8. The number of benzene rings is 4. The van der Waals surface area contributed by atoms with E-state index in [0.29, 0.717) is 23.9 Å². The molecule has 1 saturated carbocycles. The van der Waals surface area contributed by atoms with Crippen LogP contribution in [-0.2, 0) is 17.8 Å². The van der Waals surface area contributed by atoms with Gasteiger partial charge in [-0.2, -0.15) is 0 Å². The highest BCUT2D eigenvalue weighted by Gasteiger charge is 2.37. The number of hydrogen-bond acceptors (Lipinski definition) is 4. The summed E-state index contributed by atoms with van der Waals surface area (Å²) in [5.74, 6) is 0.694. The summed E-state index contributed by atoms with van der Waals surface area (Å²) in [4.78, 5) is 35.8. The number of H-pyrrole nitrogens is 1. The van der Waals surface area contributed by atoms with Gasteiger partial charge in [-0.3, -0.25) is 9.69 Å². The van der Waals surface area contributed by atoms with Crippen molar-refractivity contribution in [3.63, 3.8) is 0 Å². The number of carbonyl (C=O) groups excluding carboxylic acids is 2. The van der Waals surface area contributed by atoms with Crippen LogP contribution in [0, 0.1) is 0 Å². The van der Waals surface area contributed by atoms with Gasteiger partial charge in [-0.05, 0) is 65.4 Å². The third-order valence-corrected chi connectivity index (χ3v) is 7.59. The fourth-order valence-corrected chi connectivity index (χ4v) is 5.30. The number of carbonyl (C=O) groups is 2. The third kappa shape index (κ3) is 4.71. The summed E-state index contributed by atoms with van der Waals surface area (Å²) in [5, 5.41) is 3.03. The van der Waals surface area contributed by atoms with Gasteiger partial charge in [0.2, 0.25) is 0 Å². The molecule has 2 amide bonds. The first-order valence-electron chi connectivity index (χ1n) is 13.6. The Bertz CT molecular complexity index is 1710. The molecule has 7 rings (SSSR count). The number of hydrogen-bond donors (Lipinski definition) is 2. The first-order chi connectivity index (χ1) is 19.6. The van der Waals surface area contributed by atoms with Crippen LogP contribution in [0.4, 0.5) is 10.5 Å². The van der Waals surface area contributed by atoms with Gasteiger partial charge in [0.1, 0.15) is 18.5 Å². The predicted octanol–water partition coefficient (Wildman–Crippen LogP) is 6.56. The Hall–Kier alpha value is -4.91. The molecule has 1 aromatic heterocycles. The molecule has 0 bridgehead atoms. The molecule has 7 heteroatoms. The van der Waals surface area contributed by atoms with Gasteiger partial charge in [0.15, 0.2) is 0 Å². The molecule has 0 saturated heterocycles. The number of fused-ring (bicyclic) bond motifs is 2. The van der Waals surface area contributed by atoms with E-state index in [2.05, 4.69) is 16.4 Å². The van der Waals surface area contributed by atoms with Crippen LogP contribution in [0.15, 0.2) is 97.1 Å². The first-order valence-corrected chi connectivity index (χ1v) is 13.6. The van der Waals surface area contributed by atoms with Crippen molar-refractivity contribution >= 4 is 28.7 Å². The monoisotopic (exact) mass is 528 g/mol. The van der Waals surface area contributed by atoms with E-state index in [1.807, 2.05) is 91.0 Å². The lowest BCUT2D eigenvalue weighted by Crippen LogP contribution is -2.33. The molecule has 7 nitrogen and oxygen atoms in total. The Kier molecular flexibility index (Phi) is 6.04. The highest BCUT2D eigenvalue weighted by molar-refractivity contribution is 5.95. The number of amides is 2. The van der Waals surface area contributed by atoms with Crippen molar-refractivity contribution < 1.29 is 14.3 Å². The quantitative estimate of drug-likeness (QED) is 0.261. The number of nitrogens with zero attached hydrogens (tertiary/aromatic N) is 2. The molecule has 0 radical (unpaired) electrons. The van der Waals surface area contributed by atoms with Crippen molar-refractivity contribution in [3.8, 4) is 11.1 Å². The molecule has 2 aliphatic rings. The fourth-order valence-electron chi connectivity index (χ4n) is 5.30. The molecule has 2 N–H and O–H groups in total. The molecule has 1 unspecified atom stereocenters. The maximum atomic E-state index is 13.4. The van der Waals surface area contributed by atoms with Crippen LogP contribution in [0.5, 0.6) is 0 Å². The minimum atomic E-state index is -0.397. The van der Waals surface area contributed by atoms with E-state index >= 15 is 0 Å². The van der Waals surface area contributed by atoms with Crippen LogP contribution < -0.4 is 10.2 Å². The van der Waals surface area contributed by atoms with Gasteiger partial charge in [0.05, 0.1) is 16.7 Å². The van der Waals surface area contributed by atoms with Crippen LogP contribution >= 0.6 is 0 Å². The molecule has 40 heavy (non-hydrogen) atoms. The average molecular weight is 529 g/mol. The molecular formula is C33H28N4O3. The maximum absolute atomic E-state index is 13.4. The van der Waals surface area contributed by atoms with E-state index in [-0.39, 0.29) is 18.6 Å².